The number of aromatic amines is 1. The zero-order chi connectivity index (χ0) is 11.5. The third kappa shape index (κ3) is 2.28. The summed E-state index contributed by atoms with van der Waals surface area (Å²) >= 11 is 0. The van der Waals surface area contributed by atoms with E-state index in [1.54, 1.807) is 6.07 Å². The van der Waals surface area contributed by atoms with Crippen molar-refractivity contribution in [1.82, 2.24) is 15.8 Å². The van der Waals surface area contributed by atoms with Gasteiger partial charge in [0.25, 0.3) is 11.5 Å². The quantitative estimate of drug-likeness (QED) is 0.590. The number of hydrazine groups is 1. The van der Waals surface area contributed by atoms with Gasteiger partial charge in [-0.25, -0.2) is 0 Å². The number of amides is 2. The topological polar surface area (TPSA) is 91.1 Å². The van der Waals surface area contributed by atoms with Crippen LogP contribution >= 0.6 is 0 Å². The van der Waals surface area contributed by atoms with Crippen LogP contribution in [0, 0.1) is 5.92 Å². The van der Waals surface area contributed by atoms with Crippen molar-refractivity contribution in [1.29, 1.82) is 0 Å². The van der Waals surface area contributed by atoms with E-state index in [0.717, 1.165) is 12.8 Å². The molecule has 2 rings (SSSR count). The smallest absolute Gasteiger partial charge is 0.275 e. The average Bonchev–Trinajstić information content (AvgIpc) is 3.10. The summed E-state index contributed by atoms with van der Waals surface area (Å²) in [4.78, 5) is 36.3. The normalized spacial score (nSPS) is 14.2. The van der Waals surface area contributed by atoms with Crippen LogP contribution in [0.25, 0.3) is 0 Å². The molecule has 2 amide bonds. The fourth-order valence-electron chi connectivity index (χ4n) is 1.23. The highest BCUT2D eigenvalue weighted by Gasteiger charge is 2.29. The number of nitrogens with one attached hydrogen (secondary N) is 3. The molecule has 1 aromatic heterocycles. The summed E-state index contributed by atoms with van der Waals surface area (Å²) in [5.41, 5.74) is 3.97. The van der Waals surface area contributed by atoms with E-state index < -0.39 is 11.5 Å². The lowest BCUT2D eigenvalue weighted by Gasteiger charge is -2.05. The molecule has 6 heteroatoms. The number of carbonyl (C=O) groups is 2. The molecule has 0 atom stereocenters. The van der Waals surface area contributed by atoms with E-state index in [4.69, 9.17) is 0 Å². The van der Waals surface area contributed by atoms with Gasteiger partial charge < -0.3 is 4.98 Å². The molecule has 0 aliphatic heterocycles. The van der Waals surface area contributed by atoms with E-state index in [1.165, 1.54) is 12.3 Å². The van der Waals surface area contributed by atoms with Crippen LogP contribution in [-0.2, 0) is 4.79 Å². The summed E-state index contributed by atoms with van der Waals surface area (Å²) < 4.78 is 0. The summed E-state index contributed by atoms with van der Waals surface area (Å²) in [6.07, 6.45) is 3.14. The first-order valence-electron chi connectivity index (χ1n) is 4.96. The van der Waals surface area contributed by atoms with Crippen LogP contribution in [0.1, 0.15) is 23.2 Å². The van der Waals surface area contributed by atoms with Crippen LogP contribution in [0.5, 0.6) is 0 Å². The highest BCUT2D eigenvalue weighted by molar-refractivity contribution is 5.95. The number of rotatable bonds is 2. The van der Waals surface area contributed by atoms with Crippen LogP contribution in [0.15, 0.2) is 23.1 Å². The van der Waals surface area contributed by atoms with E-state index in [2.05, 4.69) is 15.8 Å². The second-order valence-electron chi connectivity index (χ2n) is 3.63. The Morgan fingerprint density at radius 1 is 1.31 bits per heavy atom. The van der Waals surface area contributed by atoms with Gasteiger partial charge >= 0.3 is 0 Å². The number of pyridine rings is 1. The highest BCUT2D eigenvalue weighted by atomic mass is 16.2. The molecule has 16 heavy (non-hydrogen) atoms. The molecule has 1 aromatic rings. The van der Waals surface area contributed by atoms with Crippen LogP contribution < -0.4 is 16.4 Å². The number of hydrogen-bond donors (Lipinski definition) is 3. The minimum absolute atomic E-state index is 0.00866. The molecule has 1 aliphatic rings. The van der Waals surface area contributed by atoms with Gasteiger partial charge in [-0.15, -0.1) is 0 Å². The monoisotopic (exact) mass is 221 g/mol. The minimum Gasteiger partial charge on any atom is -0.328 e. The second kappa shape index (κ2) is 4.18. The van der Waals surface area contributed by atoms with Crippen molar-refractivity contribution in [2.75, 3.05) is 0 Å². The Kier molecular flexibility index (Phi) is 2.72. The number of carbonyl (C=O) groups excluding carboxylic acids is 2. The van der Waals surface area contributed by atoms with Gasteiger partial charge in [-0.3, -0.25) is 25.2 Å². The molecule has 0 saturated heterocycles. The Labute approximate surface area is 91.0 Å². The predicted molar refractivity (Wildman–Crippen MR) is 55.4 cm³/mol. The van der Waals surface area contributed by atoms with Crippen LogP contribution in [0.3, 0.4) is 0 Å². The van der Waals surface area contributed by atoms with Gasteiger partial charge in [0.2, 0.25) is 5.91 Å². The molecule has 0 unspecified atom stereocenters. The molecule has 0 spiro atoms. The third-order valence-corrected chi connectivity index (χ3v) is 2.31. The van der Waals surface area contributed by atoms with Crippen molar-refractivity contribution in [3.8, 4) is 0 Å². The zero-order valence-corrected chi connectivity index (χ0v) is 8.45. The van der Waals surface area contributed by atoms with E-state index in [1.807, 2.05) is 0 Å². The average molecular weight is 221 g/mol. The fourth-order valence-corrected chi connectivity index (χ4v) is 1.23. The van der Waals surface area contributed by atoms with E-state index in [0.29, 0.717) is 0 Å². The van der Waals surface area contributed by atoms with Gasteiger partial charge in [-0.1, -0.05) is 0 Å². The van der Waals surface area contributed by atoms with Crippen LogP contribution in [-0.4, -0.2) is 16.8 Å². The molecule has 1 fully saturated rings. The highest BCUT2D eigenvalue weighted by Crippen LogP contribution is 2.28. The van der Waals surface area contributed by atoms with Crippen molar-refractivity contribution in [3.63, 3.8) is 0 Å². The van der Waals surface area contributed by atoms with Crippen LogP contribution in [0.4, 0.5) is 0 Å². The first kappa shape index (κ1) is 10.4. The van der Waals surface area contributed by atoms with Crippen LogP contribution in [0.2, 0.25) is 0 Å². The van der Waals surface area contributed by atoms with Crippen molar-refractivity contribution in [2.24, 2.45) is 5.92 Å². The minimum atomic E-state index is -0.615. The van der Waals surface area contributed by atoms with Gasteiger partial charge in [-0.2, -0.15) is 0 Å². The molecule has 0 radical (unpaired) electrons. The summed E-state index contributed by atoms with van der Waals surface area (Å²) in [6, 6.07) is 2.93. The molecule has 0 aromatic carbocycles. The summed E-state index contributed by atoms with van der Waals surface area (Å²) in [6.45, 7) is 0. The van der Waals surface area contributed by atoms with Crippen molar-refractivity contribution in [2.45, 2.75) is 12.8 Å². The Morgan fingerprint density at radius 2 is 2.06 bits per heavy atom. The predicted octanol–water partition coefficient (Wildman–Crippen LogP) is -0.454. The lowest BCUT2D eigenvalue weighted by Crippen LogP contribution is -2.43. The Balaban J connectivity index is 1.95. The number of aromatic nitrogens is 1. The maximum atomic E-state index is 11.5. The SMILES string of the molecule is O=C(NNC(=O)C1CC1)c1ccc[nH]c1=O. The summed E-state index contributed by atoms with van der Waals surface area (Å²) in [5, 5.41) is 0. The zero-order valence-electron chi connectivity index (χ0n) is 8.45. The lowest BCUT2D eigenvalue weighted by molar-refractivity contribution is -0.123. The van der Waals surface area contributed by atoms with E-state index in [-0.39, 0.29) is 17.4 Å². The largest absolute Gasteiger partial charge is 0.328 e. The Morgan fingerprint density at radius 3 is 2.69 bits per heavy atom. The van der Waals surface area contributed by atoms with Crippen molar-refractivity contribution in [3.05, 3.63) is 34.2 Å². The molecule has 84 valence electrons. The summed E-state index contributed by atoms with van der Waals surface area (Å²) in [7, 11) is 0. The van der Waals surface area contributed by atoms with Gasteiger partial charge in [0.1, 0.15) is 5.56 Å². The fraction of sp³-hybridized carbons (Fsp3) is 0.300. The maximum absolute atomic E-state index is 11.5. The Hall–Kier alpha value is -2.11. The van der Waals surface area contributed by atoms with Gasteiger partial charge in [-0.05, 0) is 25.0 Å². The number of hydrogen-bond acceptors (Lipinski definition) is 3. The first-order valence-corrected chi connectivity index (χ1v) is 4.96. The van der Waals surface area contributed by atoms with Gasteiger partial charge in [0, 0.05) is 12.1 Å². The van der Waals surface area contributed by atoms with Crippen molar-refractivity contribution >= 4 is 11.8 Å². The second-order valence-corrected chi connectivity index (χ2v) is 3.63. The molecule has 1 heterocycles. The molecule has 6 nitrogen and oxygen atoms in total. The number of H-pyrrole nitrogens is 1. The van der Waals surface area contributed by atoms with E-state index >= 15 is 0 Å². The maximum Gasteiger partial charge on any atom is 0.275 e. The molecule has 1 saturated carbocycles. The van der Waals surface area contributed by atoms with Gasteiger partial charge in [0.15, 0.2) is 0 Å². The summed E-state index contributed by atoms with van der Waals surface area (Å²) in [5.74, 6) is -0.814. The Bertz CT molecular complexity index is 476. The first-order chi connectivity index (χ1) is 7.68. The van der Waals surface area contributed by atoms with Crippen molar-refractivity contribution < 1.29 is 9.59 Å². The molecule has 1 aliphatic carbocycles. The van der Waals surface area contributed by atoms with E-state index in [9.17, 15) is 14.4 Å². The molecular weight excluding hydrogens is 210 g/mol. The standard InChI is InChI=1S/C10H11N3O3/c14-8(6-3-4-6)12-13-10(16)7-2-1-5-11-9(7)15/h1-2,5-6H,3-4H2,(H,11,15)(H,12,14)(H,13,16). The molecule has 0 bridgehead atoms. The lowest BCUT2D eigenvalue weighted by atomic mass is 10.3. The third-order valence-electron chi connectivity index (χ3n) is 2.31. The van der Waals surface area contributed by atoms with Gasteiger partial charge in [0.05, 0.1) is 0 Å². The molecule has 3 N–H and O–H groups in total. The molecular formula is C10H11N3O3.